The summed E-state index contributed by atoms with van der Waals surface area (Å²) in [5.74, 6) is -0.112. The molecule has 2 N–H and O–H groups in total. The molecular formula is C15H26ClN5O. The molecule has 1 aromatic rings. The van der Waals surface area contributed by atoms with E-state index in [-0.39, 0.29) is 35.2 Å². The molecule has 22 heavy (non-hydrogen) atoms. The normalized spacial score (nSPS) is 23.6. The van der Waals surface area contributed by atoms with Gasteiger partial charge in [-0.05, 0) is 36.8 Å². The summed E-state index contributed by atoms with van der Waals surface area (Å²) in [6, 6.07) is 0.552. The topological polar surface area (TPSA) is 71.8 Å². The van der Waals surface area contributed by atoms with Crippen LogP contribution >= 0.6 is 12.4 Å². The summed E-state index contributed by atoms with van der Waals surface area (Å²) in [6.45, 7) is 10.7. The Balaban J connectivity index is 0.00000176. The fraction of sp³-hybridized carbons (Fsp3) is 0.800. The first-order chi connectivity index (χ1) is 9.84. The molecule has 0 unspecified atom stereocenters. The van der Waals surface area contributed by atoms with Gasteiger partial charge < -0.3 is 10.6 Å². The van der Waals surface area contributed by atoms with Crippen molar-refractivity contribution < 1.29 is 4.79 Å². The second kappa shape index (κ2) is 5.81. The third-order valence-corrected chi connectivity index (χ3v) is 5.72. The zero-order chi connectivity index (χ0) is 15.3. The highest BCUT2D eigenvalue weighted by Crippen LogP contribution is 2.62. The van der Waals surface area contributed by atoms with Gasteiger partial charge in [0.25, 0.3) is 5.91 Å². The highest BCUT2D eigenvalue weighted by Gasteiger charge is 2.65. The highest BCUT2D eigenvalue weighted by atomic mass is 35.5. The molecule has 0 atom stereocenters. The molecule has 1 amide bonds. The maximum atomic E-state index is 12.3. The molecular weight excluding hydrogens is 302 g/mol. The summed E-state index contributed by atoms with van der Waals surface area (Å²) in [5.41, 5.74) is 0.688. The quantitative estimate of drug-likeness (QED) is 0.888. The molecule has 0 bridgehead atoms. The standard InChI is InChI=1S/C15H25N5O.ClH/c1-14(2)13(15(14,3)4)17-12(21)11-9-20(19-18-11)10-5-7-16-8-6-10;/h9-10,13,16H,5-8H2,1-4H3,(H,17,21);1H. The lowest BCUT2D eigenvalue weighted by molar-refractivity contribution is 0.0938. The summed E-state index contributed by atoms with van der Waals surface area (Å²) >= 11 is 0. The third kappa shape index (κ3) is 2.74. The monoisotopic (exact) mass is 327 g/mol. The van der Waals surface area contributed by atoms with Gasteiger partial charge in [-0.25, -0.2) is 4.68 Å². The van der Waals surface area contributed by atoms with E-state index in [2.05, 4.69) is 48.6 Å². The van der Waals surface area contributed by atoms with Gasteiger partial charge in [-0.15, -0.1) is 17.5 Å². The second-order valence-corrected chi connectivity index (χ2v) is 7.41. The number of piperidine rings is 1. The van der Waals surface area contributed by atoms with E-state index in [1.165, 1.54) is 0 Å². The molecule has 1 aromatic heterocycles. The minimum absolute atomic E-state index is 0. The SMILES string of the molecule is CC1(C)C(NC(=O)c2cn(C3CCNCC3)nn2)C1(C)C.Cl. The van der Waals surface area contributed by atoms with Crippen LogP contribution in [-0.4, -0.2) is 40.0 Å². The van der Waals surface area contributed by atoms with Crippen molar-refractivity contribution in [3.63, 3.8) is 0 Å². The summed E-state index contributed by atoms with van der Waals surface area (Å²) < 4.78 is 1.85. The lowest BCUT2D eigenvalue weighted by Gasteiger charge is -2.22. The van der Waals surface area contributed by atoms with E-state index in [4.69, 9.17) is 0 Å². The van der Waals surface area contributed by atoms with Crippen LogP contribution < -0.4 is 10.6 Å². The number of nitrogens with zero attached hydrogens (tertiary/aromatic N) is 3. The Kier molecular flexibility index (Phi) is 4.55. The van der Waals surface area contributed by atoms with Crippen molar-refractivity contribution in [1.29, 1.82) is 0 Å². The number of hydrogen-bond acceptors (Lipinski definition) is 4. The average molecular weight is 328 g/mol. The molecule has 1 saturated heterocycles. The first-order valence-electron chi connectivity index (χ1n) is 7.77. The number of carbonyl (C=O) groups is 1. The largest absolute Gasteiger partial charge is 0.347 e. The lowest BCUT2D eigenvalue weighted by atomic mass is 10.0. The van der Waals surface area contributed by atoms with Crippen molar-refractivity contribution in [3.8, 4) is 0 Å². The van der Waals surface area contributed by atoms with Crippen molar-refractivity contribution >= 4 is 18.3 Å². The summed E-state index contributed by atoms with van der Waals surface area (Å²) in [7, 11) is 0. The van der Waals surface area contributed by atoms with Crippen molar-refractivity contribution in [1.82, 2.24) is 25.6 Å². The van der Waals surface area contributed by atoms with E-state index < -0.39 is 0 Å². The number of hydrogen-bond donors (Lipinski definition) is 2. The molecule has 0 radical (unpaired) electrons. The maximum absolute atomic E-state index is 12.3. The first-order valence-corrected chi connectivity index (χ1v) is 7.77. The molecule has 1 aliphatic heterocycles. The van der Waals surface area contributed by atoms with Crippen LogP contribution in [0, 0.1) is 10.8 Å². The Morgan fingerprint density at radius 3 is 2.41 bits per heavy atom. The van der Waals surface area contributed by atoms with Gasteiger partial charge in [-0.2, -0.15) is 0 Å². The van der Waals surface area contributed by atoms with Gasteiger partial charge in [-0.3, -0.25) is 4.79 Å². The Morgan fingerprint density at radius 1 is 1.27 bits per heavy atom. The van der Waals surface area contributed by atoms with Gasteiger partial charge in [0.2, 0.25) is 0 Å². The number of rotatable bonds is 3. The van der Waals surface area contributed by atoms with Crippen molar-refractivity contribution in [2.45, 2.75) is 52.6 Å². The van der Waals surface area contributed by atoms with E-state index in [0.717, 1.165) is 25.9 Å². The van der Waals surface area contributed by atoms with Gasteiger partial charge in [-0.1, -0.05) is 32.9 Å². The molecule has 2 aliphatic rings. The van der Waals surface area contributed by atoms with Gasteiger partial charge in [0.15, 0.2) is 5.69 Å². The fourth-order valence-electron chi connectivity index (χ4n) is 3.39. The predicted molar refractivity (Wildman–Crippen MR) is 87.2 cm³/mol. The summed E-state index contributed by atoms with van der Waals surface area (Å²) in [6.07, 6.45) is 3.86. The van der Waals surface area contributed by atoms with E-state index in [1.807, 2.05) is 4.68 Å². The molecule has 3 rings (SSSR count). The van der Waals surface area contributed by atoms with Crippen LogP contribution in [0.1, 0.15) is 57.1 Å². The van der Waals surface area contributed by atoms with Crippen LogP contribution in [0.5, 0.6) is 0 Å². The van der Waals surface area contributed by atoms with E-state index in [1.54, 1.807) is 6.20 Å². The molecule has 2 fully saturated rings. The molecule has 1 aliphatic carbocycles. The zero-order valence-corrected chi connectivity index (χ0v) is 14.5. The summed E-state index contributed by atoms with van der Waals surface area (Å²) in [5, 5.41) is 14.6. The molecule has 1 saturated carbocycles. The maximum Gasteiger partial charge on any atom is 0.273 e. The van der Waals surface area contributed by atoms with Gasteiger partial charge >= 0.3 is 0 Å². The zero-order valence-electron chi connectivity index (χ0n) is 13.7. The number of carbonyl (C=O) groups excluding carboxylic acids is 1. The minimum Gasteiger partial charge on any atom is -0.347 e. The smallest absolute Gasteiger partial charge is 0.273 e. The number of nitrogens with one attached hydrogen (secondary N) is 2. The van der Waals surface area contributed by atoms with Crippen LogP contribution in [0.25, 0.3) is 0 Å². The lowest BCUT2D eigenvalue weighted by Crippen LogP contribution is -2.30. The fourth-order valence-corrected chi connectivity index (χ4v) is 3.39. The average Bonchev–Trinajstić information content (AvgIpc) is 2.85. The Bertz CT molecular complexity index is 534. The van der Waals surface area contributed by atoms with Gasteiger partial charge in [0, 0.05) is 6.04 Å². The highest BCUT2D eigenvalue weighted by molar-refractivity contribution is 5.92. The van der Waals surface area contributed by atoms with Crippen molar-refractivity contribution in [2.24, 2.45) is 10.8 Å². The minimum atomic E-state index is -0.112. The third-order valence-electron chi connectivity index (χ3n) is 5.72. The Hall–Kier alpha value is -1.14. The number of aromatic nitrogens is 3. The molecule has 2 heterocycles. The number of halogens is 1. The van der Waals surface area contributed by atoms with Crippen LogP contribution in [-0.2, 0) is 0 Å². The van der Waals surface area contributed by atoms with Gasteiger partial charge in [0.1, 0.15) is 0 Å². The van der Waals surface area contributed by atoms with Crippen molar-refractivity contribution in [3.05, 3.63) is 11.9 Å². The molecule has 0 aromatic carbocycles. The summed E-state index contributed by atoms with van der Waals surface area (Å²) in [4.78, 5) is 12.3. The van der Waals surface area contributed by atoms with Gasteiger partial charge in [0.05, 0.1) is 12.2 Å². The molecule has 7 heteroatoms. The molecule has 0 spiro atoms. The first kappa shape index (κ1) is 17.2. The van der Waals surface area contributed by atoms with Crippen LogP contribution in [0.15, 0.2) is 6.20 Å². The van der Waals surface area contributed by atoms with Crippen LogP contribution in [0.2, 0.25) is 0 Å². The predicted octanol–water partition coefficient (Wildman–Crippen LogP) is 1.79. The van der Waals surface area contributed by atoms with E-state index in [9.17, 15) is 4.79 Å². The van der Waals surface area contributed by atoms with E-state index in [0.29, 0.717) is 11.7 Å². The van der Waals surface area contributed by atoms with Crippen LogP contribution in [0.4, 0.5) is 0 Å². The Labute approximate surface area is 137 Å². The van der Waals surface area contributed by atoms with Crippen molar-refractivity contribution in [2.75, 3.05) is 13.1 Å². The van der Waals surface area contributed by atoms with E-state index >= 15 is 0 Å². The second-order valence-electron chi connectivity index (χ2n) is 7.41. The molecule has 6 nitrogen and oxygen atoms in total. The molecule has 124 valence electrons. The number of amides is 1. The van der Waals surface area contributed by atoms with Crippen LogP contribution in [0.3, 0.4) is 0 Å². The Morgan fingerprint density at radius 2 is 1.86 bits per heavy atom.